The van der Waals surface area contributed by atoms with E-state index in [4.69, 9.17) is 9.47 Å². The number of esters is 2. The Bertz CT molecular complexity index is 888. The molecule has 0 saturated carbocycles. The number of likely N-dealkylation sites (tertiary alicyclic amines) is 1. The van der Waals surface area contributed by atoms with Gasteiger partial charge in [0.15, 0.2) is 6.61 Å². The lowest BCUT2D eigenvalue weighted by molar-refractivity contribution is -0.151. The molecule has 164 valence electrons. The average Bonchev–Trinajstić information content (AvgIpc) is 2.82. The van der Waals surface area contributed by atoms with Crippen LogP contribution >= 0.6 is 0 Å². The molecule has 0 bridgehead atoms. The Labute approximate surface area is 183 Å². The summed E-state index contributed by atoms with van der Waals surface area (Å²) < 4.78 is 10.4. The number of hydrogen-bond donors (Lipinski definition) is 0. The molecule has 1 saturated heterocycles. The second-order valence-corrected chi connectivity index (χ2v) is 7.63. The summed E-state index contributed by atoms with van der Waals surface area (Å²) in [6.07, 6.45) is 2.67. The molecule has 1 fully saturated rings. The second kappa shape index (κ2) is 11.3. The highest BCUT2D eigenvalue weighted by Crippen LogP contribution is 2.19. The lowest BCUT2D eigenvalue weighted by atomic mass is 9.97. The lowest BCUT2D eigenvalue weighted by Crippen LogP contribution is -2.42. The van der Waals surface area contributed by atoms with Gasteiger partial charge in [-0.25, -0.2) is 4.79 Å². The SMILES string of the molecule is CCOC(=O)C1CCN(C(=O)COC(=O)c2ccccc2CCc2ccccc2)CC1. The Kier molecular flexibility index (Phi) is 8.21. The Balaban J connectivity index is 1.49. The van der Waals surface area contributed by atoms with Gasteiger partial charge in [-0.2, -0.15) is 0 Å². The van der Waals surface area contributed by atoms with Crippen LogP contribution < -0.4 is 0 Å². The number of piperidine rings is 1. The lowest BCUT2D eigenvalue weighted by Gasteiger charge is -2.30. The molecule has 1 amide bonds. The van der Waals surface area contributed by atoms with Gasteiger partial charge >= 0.3 is 11.9 Å². The Morgan fingerprint density at radius 3 is 2.29 bits per heavy atom. The minimum Gasteiger partial charge on any atom is -0.466 e. The fraction of sp³-hybridized carbons (Fsp3) is 0.400. The van der Waals surface area contributed by atoms with Crippen LogP contribution in [-0.2, 0) is 31.9 Å². The standard InChI is InChI=1S/C25H29NO5/c1-2-30-24(28)21-14-16-26(17-15-21)23(27)18-31-25(29)22-11-7-6-10-20(22)13-12-19-8-4-3-5-9-19/h3-11,21H,2,12-18H2,1H3. The molecule has 0 unspecified atom stereocenters. The van der Waals surface area contributed by atoms with Crippen molar-refractivity contribution in [3.05, 3.63) is 71.3 Å². The van der Waals surface area contributed by atoms with Gasteiger partial charge < -0.3 is 14.4 Å². The minimum absolute atomic E-state index is 0.164. The summed E-state index contributed by atoms with van der Waals surface area (Å²) in [4.78, 5) is 38.6. The van der Waals surface area contributed by atoms with Crippen molar-refractivity contribution in [2.45, 2.75) is 32.6 Å². The fourth-order valence-corrected chi connectivity index (χ4v) is 3.78. The molecule has 0 aliphatic carbocycles. The molecular weight excluding hydrogens is 394 g/mol. The highest BCUT2D eigenvalue weighted by atomic mass is 16.5. The van der Waals surface area contributed by atoms with Gasteiger partial charge in [0.2, 0.25) is 0 Å². The molecule has 0 radical (unpaired) electrons. The first-order valence-corrected chi connectivity index (χ1v) is 10.8. The van der Waals surface area contributed by atoms with E-state index in [1.165, 1.54) is 5.56 Å². The van der Waals surface area contributed by atoms with Gasteiger partial charge in [-0.05, 0) is 49.8 Å². The van der Waals surface area contributed by atoms with E-state index < -0.39 is 5.97 Å². The van der Waals surface area contributed by atoms with E-state index in [1.807, 2.05) is 30.3 Å². The van der Waals surface area contributed by atoms with E-state index in [0.717, 1.165) is 12.0 Å². The van der Waals surface area contributed by atoms with Crippen LogP contribution in [0.25, 0.3) is 0 Å². The van der Waals surface area contributed by atoms with Crippen molar-refractivity contribution in [2.75, 3.05) is 26.3 Å². The van der Waals surface area contributed by atoms with Gasteiger partial charge in [0.1, 0.15) is 0 Å². The van der Waals surface area contributed by atoms with E-state index in [2.05, 4.69) is 12.1 Å². The van der Waals surface area contributed by atoms with Crippen LogP contribution in [0.2, 0.25) is 0 Å². The number of rotatable bonds is 8. The van der Waals surface area contributed by atoms with Crippen molar-refractivity contribution in [1.29, 1.82) is 0 Å². The molecule has 1 heterocycles. The van der Waals surface area contributed by atoms with Crippen molar-refractivity contribution < 1.29 is 23.9 Å². The van der Waals surface area contributed by atoms with Gasteiger partial charge in [0.25, 0.3) is 5.91 Å². The van der Waals surface area contributed by atoms with Crippen molar-refractivity contribution in [1.82, 2.24) is 4.90 Å². The number of hydrogen-bond acceptors (Lipinski definition) is 5. The highest BCUT2D eigenvalue weighted by Gasteiger charge is 2.28. The van der Waals surface area contributed by atoms with E-state index in [-0.39, 0.29) is 24.4 Å². The van der Waals surface area contributed by atoms with E-state index >= 15 is 0 Å². The van der Waals surface area contributed by atoms with Gasteiger partial charge in [-0.3, -0.25) is 9.59 Å². The molecule has 1 aliphatic rings. The molecule has 3 rings (SSSR count). The van der Waals surface area contributed by atoms with Crippen molar-refractivity contribution in [3.8, 4) is 0 Å². The molecule has 6 heteroatoms. The number of ether oxygens (including phenoxy) is 2. The van der Waals surface area contributed by atoms with E-state index in [0.29, 0.717) is 44.5 Å². The van der Waals surface area contributed by atoms with Gasteiger partial charge in [0.05, 0.1) is 18.1 Å². The Hall–Kier alpha value is -3.15. The molecule has 0 N–H and O–H groups in total. The molecule has 0 atom stereocenters. The average molecular weight is 424 g/mol. The molecule has 2 aromatic carbocycles. The molecule has 6 nitrogen and oxygen atoms in total. The predicted molar refractivity (Wildman–Crippen MR) is 117 cm³/mol. The summed E-state index contributed by atoms with van der Waals surface area (Å²) in [5, 5.41) is 0. The third-order valence-electron chi connectivity index (χ3n) is 5.56. The van der Waals surface area contributed by atoms with Crippen LogP contribution in [0.3, 0.4) is 0 Å². The molecule has 31 heavy (non-hydrogen) atoms. The highest BCUT2D eigenvalue weighted by molar-refractivity contribution is 5.92. The zero-order chi connectivity index (χ0) is 22.1. The fourth-order valence-electron chi connectivity index (χ4n) is 3.78. The second-order valence-electron chi connectivity index (χ2n) is 7.63. The van der Waals surface area contributed by atoms with Crippen LogP contribution in [0.1, 0.15) is 41.3 Å². The Morgan fingerprint density at radius 1 is 0.903 bits per heavy atom. The van der Waals surface area contributed by atoms with E-state index in [1.54, 1.807) is 24.0 Å². The number of nitrogens with zero attached hydrogens (tertiary/aromatic N) is 1. The smallest absolute Gasteiger partial charge is 0.338 e. The maximum atomic E-state index is 12.6. The van der Waals surface area contributed by atoms with Gasteiger partial charge in [-0.15, -0.1) is 0 Å². The van der Waals surface area contributed by atoms with Crippen LogP contribution in [-0.4, -0.2) is 49.0 Å². The van der Waals surface area contributed by atoms with Crippen LogP contribution in [0.15, 0.2) is 54.6 Å². The zero-order valence-electron chi connectivity index (χ0n) is 17.9. The quantitative estimate of drug-likeness (QED) is 0.608. The Morgan fingerprint density at radius 2 is 1.58 bits per heavy atom. The maximum Gasteiger partial charge on any atom is 0.338 e. The summed E-state index contributed by atoms with van der Waals surface area (Å²) in [5.74, 6) is -1.09. The molecular formula is C25H29NO5. The first-order chi connectivity index (χ1) is 15.1. The summed E-state index contributed by atoms with van der Waals surface area (Å²) in [6, 6.07) is 17.4. The minimum atomic E-state index is -0.488. The largest absolute Gasteiger partial charge is 0.466 e. The monoisotopic (exact) mass is 423 g/mol. The summed E-state index contributed by atoms with van der Waals surface area (Å²) >= 11 is 0. The number of amides is 1. The number of benzene rings is 2. The van der Waals surface area contributed by atoms with Crippen molar-refractivity contribution >= 4 is 17.8 Å². The summed E-state index contributed by atoms with van der Waals surface area (Å²) in [6.45, 7) is 2.78. The third-order valence-corrected chi connectivity index (χ3v) is 5.56. The van der Waals surface area contributed by atoms with Crippen molar-refractivity contribution in [2.24, 2.45) is 5.92 Å². The van der Waals surface area contributed by atoms with Crippen LogP contribution in [0.5, 0.6) is 0 Å². The van der Waals surface area contributed by atoms with Gasteiger partial charge in [0, 0.05) is 13.1 Å². The summed E-state index contributed by atoms with van der Waals surface area (Å²) in [5.41, 5.74) is 2.60. The molecule has 0 aromatic heterocycles. The van der Waals surface area contributed by atoms with Gasteiger partial charge in [-0.1, -0.05) is 48.5 Å². The topological polar surface area (TPSA) is 72.9 Å². The normalized spacial score (nSPS) is 14.2. The number of carbonyl (C=O) groups excluding carboxylic acids is 3. The first kappa shape index (κ1) is 22.5. The predicted octanol–water partition coefficient (Wildman–Crippen LogP) is 3.43. The molecule has 1 aliphatic heterocycles. The van der Waals surface area contributed by atoms with Crippen LogP contribution in [0.4, 0.5) is 0 Å². The first-order valence-electron chi connectivity index (χ1n) is 10.8. The number of carbonyl (C=O) groups is 3. The van der Waals surface area contributed by atoms with E-state index in [9.17, 15) is 14.4 Å². The third kappa shape index (κ3) is 6.41. The molecule has 0 spiro atoms. The van der Waals surface area contributed by atoms with Crippen LogP contribution in [0, 0.1) is 5.92 Å². The maximum absolute atomic E-state index is 12.6. The summed E-state index contributed by atoms with van der Waals surface area (Å²) in [7, 11) is 0. The number of aryl methyl sites for hydroxylation is 2. The molecule has 2 aromatic rings. The zero-order valence-corrected chi connectivity index (χ0v) is 17.9. The van der Waals surface area contributed by atoms with Crippen molar-refractivity contribution in [3.63, 3.8) is 0 Å².